The van der Waals surface area contributed by atoms with Gasteiger partial charge in [0.15, 0.2) is 0 Å². The molecule has 0 aliphatic carbocycles. The molecule has 0 atom stereocenters. The second-order valence-corrected chi connectivity index (χ2v) is 6.68. The normalized spacial score (nSPS) is 17.1. The number of piperazine rings is 1. The van der Waals surface area contributed by atoms with Gasteiger partial charge in [0.25, 0.3) is 0 Å². The first-order valence-electron chi connectivity index (χ1n) is 6.71. The molecule has 6 heteroatoms. The fraction of sp³-hybridized carbons (Fsp3) is 0.571. The zero-order valence-electron chi connectivity index (χ0n) is 12.1. The fourth-order valence-corrected chi connectivity index (χ4v) is 2.17. The lowest BCUT2D eigenvalue weighted by Gasteiger charge is -2.35. The average Bonchev–Trinajstić information content (AvgIpc) is 2.38. The first-order valence-corrected chi connectivity index (χ1v) is 7.50. The molecule has 1 fully saturated rings. The maximum atomic E-state index is 11.8. The maximum absolute atomic E-state index is 11.8. The van der Waals surface area contributed by atoms with Crippen LogP contribution < -0.4 is 4.90 Å². The van der Waals surface area contributed by atoms with E-state index in [-0.39, 0.29) is 5.97 Å². The number of carbonyl (C=O) groups is 1. The van der Waals surface area contributed by atoms with Gasteiger partial charge in [0.2, 0.25) is 0 Å². The molecule has 0 N–H and O–H groups in total. The first kappa shape index (κ1) is 15.3. The van der Waals surface area contributed by atoms with Crippen molar-refractivity contribution < 1.29 is 9.63 Å². The highest BCUT2D eigenvalue weighted by Crippen LogP contribution is 2.19. The number of hydrogen-bond acceptors (Lipinski definition) is 5. The summed E-state index contributed by atoms with van der Waals surface area (Å²) in [5, 5.41) is 1.74. The third kappa shape index (κ3) is 3.93. The van der Waals surface area contributed by atoms with Gasteiger partial charge in [-0.1, -0.05) is 6.07 Å². The van der Waals surface area contributed by atoms with E-state index in [0.717, 1.165) is 23.5 Å². The van der Waals surface area contributed by atoms with Crippen LogP contribution in [0.1, 0.15) is 20.8 Å². The molecule has 2 rings (SSSR count). The predicted octanol–water partition coefficient (Wildman–Crippen LogP) is 2.47. The molecule has 0 bridgehead atoms. The van der Waals surface area contributed by atoms with E-state index < -0.39 is 5.41 Å². The third-order valence-corrected chi connectivity index (χ3v) is 3.53. The second kappa shape index (κ2) is 6.10. The van der Waals surface area contributed by atoms with E-state index in [1.165, 1.54) is 0 Å². The molecule has 0 aromatic carbocycles. The Balaban J connectivity index is 1.88. The van der Waals surface area contributed by atoms with Crippen LogP contribution in [0.5, 0.6) is 0 Å². The summed E-state index contributed by atoms with van der Waals surface area (Å²) in [6.45, 7) is 8.54. The Kier molecular flexibility index (Phi) is 4.65. The zero-order valence-corrected chi connectivity index (χ0v) is 13.7. The molecule has 2 heterocycles. The topological polar surface area (TPSA) is 45.7 Å². The van der Waals surface area contributed by atoms with Gasteiger partial charge in [-0.05, 0) is 48.8 Å². The Morgan fingerprint density at radius 1 is 1.25 bits per heavy atom. The van der Waals surface area contributed by atoms with E-state index >= 15 is 0 Å². The quantitative estimate of drug-likeness (QED) is 0.773. The predicted molar refractivity (Wildman–Crippen MR) is 81.3 cm³/mol. The molecule has 0 radical (unpaired) electrons. The molecule has 5 nitrogen and oxygen atoms in total. The molecule has 1 aliphatic rings. The van der Waals surface area contributed by atoms with E-state index in [4.69, 9.17) is 4.84 Å². The molecule has 1 aromatic rings. The van der Waals surface area contributed by atoms with Crippen molar-refractivity contribution in [1.82, 2.24) is 10.0 Å². The summed E-state index contributed by atoms with van der Waals surface area (Å²) in [4.78, 5) is 23.9. The van der Waals surface area contributed by atoms with Crippen LogP contribution in [0.2, 0.25) is 0 Å². The van der Waals surface area contributed by atoms with Crippen LogP contribution in [0.15, 0.2) is 22.8 Å². The van der Waals surface area contributed by atoms with Crippen molar-refractivity contribution in [2.24, 2.45) is 5.41 Å². The van der Waals surface area contributed by atoms with Gasteiger partial charge < -0.3 is 9.74 Å². The largest absolute Gasteiger partial charge is 0.367 e. The van der Waals surface area contributed by atoms with Crippen molar-refractivity contribution in [2.45, 2.75) is 20.8 Å². The van der Waals surface area contributed by atoms with Gasteiger partial charge >= 0.3 is 5.97 Å². The zero-order chi connectivity index (χ0) is 14.8. The monoisotopic (exact) mass is 341 g/mol. The first-order chi connectivity index (χ1) is 9.36. The standard InChI is InChI=1S/C14H20BrN3O2/c1-14(2,3)13(19)20-18-9-7-17(8-10-18)12-6-4-5-11(15)16-12/h4-6H,7-10H2,1-3H3. The van der Waals surface area contributed by atoms with Crippen LogP contribution in [0, 0.1) is 5.41 Å². The molecular weight excluding hydrogens is 322 g/mol. The highest BCUT2D eigenvalue weighted by atomic mass is 79.9. The minimum Gasteiger partial charge on any atom is -0.367 e. The number of halogens is 1. The summed E-state index contributed by atoms with van der Waals surface area (Å²) in [5.41, 5.74) is -0.469. The molecule has 0 saturated carbocycles. The van der Waals surface area contributed by atoms with Crippen LogP contribution in [0.25, 0.3) is 0 Å². The SMILES string of the molecule is CC(C)(C)C(=O)ON1CCN(c2cccc(Br)n2)CC1. The Morgan fingerprint density at radius 3 is 2.45 bits per heavy atom. The van der Waals surface area contributed by atoms with Crippen molar-refractivity contribution >= 4 is 27.7 Å². The summed E-state index contributed by atoms with van der Waals surface area (Å²) < 4.78 is 0.830. The van der Waals surface area contributed by atoms with Gasteiger partial charge in [0.05, 0.1) is 18.5 Å². The molecule has 1 saturated heterocycles. The lowest BCUT2D eigenvalue weighted by molar-refractivity contribution is -0.201. The summed E-state index contributed by atoms with van der Waals surface area (Å²) >= 11 is 3.38. The van der Waals surface area contributed by atoms with Gasteiger partial charge in [0, 0.05) is 13.1 Å². The lowest BCUT2D eigenvalue weighted by atomic mass is 9.98. The average molecular weight is 342 g/mol. The molecule has 1 aliphatic heterocycles. The van der Waals surface area contributed by atoms with Crippen molar-refractivity contribution in [2.75, 3.05) is 31.1 Å². The number of hydrogen-bond donors (Lipinski definition) is 0. The minimum atomic E-state index is -0.469. The van der Waals surface area contributed by atoms with E-state index in [2.05, 4.69) is 25.8 Å². The molecule has 0 amide bonds. The Bertz CT molecular complexity index is 480. The van der Waals surface area contributed by atoms with Crippen LogP contribution in [-0.4, -0.2) is 42.2 Å². The van der Waals surface area contributed by atoms with Crippen molar-refractivity contribution in [1.29, 1.82) is 0 Å². The van der Waals surface area contributed by atoms with Gasteiger partial charge in [0.1, 0.15) is 10.4 Å². The summed E-state index contributed by atoms with van der Waals surface area (Å²) in [5.74, 6) is 0.757. The van der Waals surface area contributed by atoms with Crippen molar-refractivity contribution in [3.05, 3.63) is 22.8 Å². The summed E-state index contributed by atoms with van der Waals surface area (Å²) in [6, 6.07) is 5.87. The van der Waals surface area contributed by atoms with Crippen molar-refractivity contribution in [3.63, 3.8) is 0 Å². The highest BCUT2D eigenvalue weighted by Gasteiger charge is 2.28. The smallest absolute Gasteiger partial charge is 0.330 e. The summed E-state index contributed by atoms with van der Waals surface area (Å²) in [6.07, 6.45) is 0. The second-order valence-electron chi connectivity index (χ2n) is 5.86. The van der Waals surface area contributed by atoms with E-state index in [1.807, 2.05) is 39.0 Å². The number of carbonyl (C=O) groups excluding carboxylic acids is 1. The lowest BCUT2D eigenvalue weighted by Crippen LogP contribution is -2.48. The minimum absolute atomic E-state index is 0.188. The Hall–Kier alpha value is -1.14. The van der Waals surface area contributed by atoms with Crippen LogP contribution in [-0.2, 0) is 9.63 Å². The van der Waals surface area contributed by atoms with Gasteiger partial charge in [-0.15, -0.1) is 5.06 Å². The number of anilines is 1. The number of aromatic nitrogens is 1. The van der Waals surface area contributed by atoms with Crippen LogP contribution >= 0.6 is 15.9 Å². The van der Waals surface area contributed by atoms with E-state index in [9.17, 15) is 4.79 Å². The number of pyridine rings is 1. The van der Waals surface area contributed by atoms with E-state index in [1.54, 1.807) is 5.06 Å². The fourth-order valence-electron chi connectivity index (χ4n) is 1.84. The maximum Gasteiger partial charge on any atom is 0.330 e. The Morgan fingerprint density at radius 2 is 1.90 bits per heavy atom. The number of hydroxylamine groups is 2. The third-order valence-electron chi connectivity index (χ3n) is 3.09. The van der Waals surface area contributed by atoms with Gasteiger partial charge in [-0.25, -0.2) is 9.78 Å². The number of nitrogens with zero attached hydrogens (tertiary/aromatic N) is 3. The van der Waals surface area contributed by atoms with Gasteiger partial charge in [-0.3, -0.25) is 0 Å². The van der Waals surface area contributed by atoms with Crippen molar-refractivity contribution in [3.8, 4) is 0 Å². The molecule has 0 spiro atoms. The molecule has 0 unspecified atom stereocenters. The van der Waals surface area contributed by atoms with Crippen LogP contribution in [0.3, 0.4) is 0 Å². The van der Waals surface area contributed by atoms with E-state index in [0.29, 0.717) is 13.1 Å². The van der Waals surface area contributed by atoms with Crippen LogP contribution in [0.4, 0.5) is 5.82 Å². The summed E-state index contributed by atoms with van der Waals surface area (Å²) in [7, 11) is 0. The molecule has 110 valence electrons. The number of rotatable bonds is 2. The van der Waals surface area contributed by atoms with Gasteiger partial charge in [-0.2, -0.15) is 0 Å². The molecular formula is C14H20BrN3O2. The highest BCUT2D eigenvalue weighted by molar-refractivity contribution is 9.10. The molecule has 20 heavy (non-hydrogen) atoms. The Labute approximate surface area is 128 Å². The molecule has 1 aromatic heterocycles.